The van der Waals surface area contributed by atoms with Crippen molar-refractivity contribution < 1.29 is 14.4 Å². The molecule has 1 amide bonds. The molecule has 1 fully saturated rings. The van der Waals surface area contributed by atoms with Crippen LogP contribution in [0.15, 0.2) is 4.52 Å². The summed E-state index contributed by atoms with van der Waals surface area (Å²) >= 11 is 1.61. The van der Waals surface area contributed by atoms with Gasteiger partial charge in [-0.3, -0.25) is 4.79 Å². The van der Waals surface area contributed by atoms with E-state index in [0.717, 1.165) is 35.6 Å². The molecular weight excluding hydrogens is 264 g/mol. The maximum absolute atomic E-state index is 12.0. The molecule has 0 aromatic carbocycles. The molecule has 0 aliphatic carbocycles. The summed E-state index contributed by atoms with van der Waals surface area (Å²) in [7, 11) is 0. The van der Waals surface area contributed by atoms with Gasteiger partial charge in [-0.15, -0.1) is 0 Å². The van der Waals surface area contributed by atoms with Crippen LogP contribution in [0.2, 0.25) is 0 Å². The molecule has 1 aliphatic heterocycles. The number of nitrogens with zero attached hydrogens (tertiary/aromatic N) is 1. The number of carbonyl (C=O) groups is 1. The number of aryl methyl sites for hydroxylation is 2. The zero-order chi connectivity index (χ0) is 13.9. The van der Waals surface area contributed by atoms with E-state index in [1.165, 1.54) is 0 Å². The van der Waals surface area contributed by atoms with E-state index < -0.39 is 5.60 Å². The van der Waals surface area contributed by atoms with Crippen LogP contribution in [0, 0.1) is 0 Å². The third-order valence-corrected chi connectivity index (χ3v) is 4.63. The van der Waals surface area contributed by atoms with Gasteiger partial charge in [-0.05, 0) is 18.6 Å². The van der Waals surface area contributed by atoms with Crippen molar-refractivity contribution in [1.29, 1.82) is 0 Å². The lowest BCUT2D eigenvalue weighted by molar-refractivity contribution is -0.137. The maximum atomic E-state index is 12.0. The Morgan fingerprint density at radius 2 is 2.32 bits per heavy atom. The van der Waals surface area contributed by atoms with E-state index in [9.17, 15) is 9.90 Å². The van der Waals surface area contributed by atoms with E-state index in [1.54, 1.807) is 11.8 Å². The van der Waals surface area contributed by atoms with Gasteiger partial charge >= 0.3 is 0 Å². The van der Waals surface area contributed by atoms with Crippen LogP contribution >= 0.6 is 11.8 Å². The van der Waals surface area contributed by atoms with Gasteiger partial charge in [0.15, 0.2) is 5.60 Å². The molecule has 1 aromatic heterocycles. The largest absolute Gasteiger partial charge is 0.379 e. The quantitative estimate of drug-likeness (QED) is 0.852. The van der Waals surface area contributed by atoms with Crippen LogP contribution in [-0.2, 0) is 24.2 Å². The fraction of sp³-hybridized carbons (Fsp3) is 0.692. The second kappa shape index (κ2) is 5.96. The Kier molecular flexibility index (Phi) is 4.52. The zero-order valence-electron chi connectivity index (χ0n) is 11.4. The SMILES string of the molecule is CCc1noc(CC)c1CNC(=O)C1(O)CCSC1. The predicted octanol–water partition coefficient (Wildman–Crippen LogP) is 1.28. The van der Waals surface area contributed by atoms with Crippen molar-refractivity contribution in [1.82, 2.24) is 10.5 Å². The first-order chi connectivity index (χ1) is 9.10. The minimum Gasteiger partial charge on any atom is -0.379 e. The van der Waals surface area contributed by atoms with Crippen LogP contribution in [-0.4, -0.2) is 33.3 Å². The minimum atomic E-state index is -1.21. The van der Waals surface area contributed by atoms with E-state index in [1.807, 2.05) is 13.8 Å². The second-order valence-corrected chi connectivity index (χ2v) is 5.86. The Balaban J connectivity index is 2.02. The third-order valence-electron chi connectivity index (χ3n) is 3.46. The summed E-state index contributed by atoms with van der Waals surface area (Å²) in [5.74, 6) is 1.83. The van der Waals surface area contributed by atoms with Gasteiger partial charge < -0.3 is 14.9 Å². The number of hydrogen-bond donors (Lipinski definition) is 2. The van der Waals surface area contributed by atoms with Crippen LogP contribution in [0.4, 0.5) is 0 Å². The average Bonchev–Trinajstić information content (AvgIpc) is 3.02. The van der Waals surface area contributed by atoms with Crippen LogP contribution in [0.3, 0.4) is 0 Å². The number of aromatic nitrogens is 1. The van der Waals surface area contributed by atoms with Gasteiger partial charge in [0.25, 0.3) is 5.91 Å². The van der Waals surface area contributed by atoms with Gasteiger partial charge in [-0.1, -0.05) is 19.0 Å². The molecule has 0 bridgehead atoms. The summed E-state index contributed by atoms with van der Waals surface area (Å²) in [6, 6.07) is 0. The van der Waals surface area contributed by atoms with Crippen molar-refractivity contribution in [3.05, 3.63) is 17.0 Å². The van der Waals surface area contributed by atoms with E-state index in [0.29, 0.717) is 18.7 Å². The summed E-state index contributed by atoms with van der Waals surface area (Å²) in [6.45, 7) is 4.37. The van der Waals surface area contributed by atoms with Crippen molar-refractivity contribution in [3.8, 4) is 0 Å². The molecule has 2 N–H and O–H groups in total. The van der Waals surface area contributed by atoms with Crippen molar-refractivity contribution in [2.24, 2.45) is 0 Å². The topological polar surface area (TPSA) is 75.4 Å². The number of amides is 1. The molecule has 0 spiro atoms. The lowest BCUT2D eigenvalue weighted by Crippen LogP contribution is -2.46. The Labute approximate surface area is 117 Å². The van der Waals surface area contributed by atoms with E-state index in [2.05, 4.69) is 10.5 Å². The van der Waals surface area contributed by atoms with Crippen LogP contribution in [0.1, 0.15) is 37.3 Å². The monoisotopic (exact) mass is 284 g/mol. The summed E-state index contributed by atoms with van der Waals surface area (Å²) < 4.78 is 5.25. The van der Waals surface area contributed by atoms with Gasteiger partial charge in [0.1, 0.15) is 5.76 Å². The van der Waals surface area contributed by atoms with E-state index in [4.69, 9.17) is 4.52 Å². The fourth-order valence-corrected chi connectivity index (χ4v) is 3.44. The first-order valence-electron chi connectivity index (χ1n) is 6.65. The van der Waals surface area contributed by atoms with Crippen LogP contribution < -0.4 is 5.32 Å². The normalized spacial score (nSPS) is 22.7. The number of carbonyl (C=O) groups excluding carboxylic acids is 1. The van der Waals surface area contributed by atoms with Crippen molar-refractivity contribution >= 4 is 17.7 Å². The third kappa shape index (κ3) is 2.95. The molecule has 0 saturated carbocycles. The first-order valence-corrected chi connectivity index (χ1v) is 7.81. The van der Waals surface area contributed by atoms with E-state index in [-0.39, 0.29) is 5.91 Å². The Hall–Kier alpha value is -1.01. The molecule has 106 valence electrons. The number of thioether (sulfide) groups is 1. The highest BCUT2D eigenvalue weighted by atomic mass is 32.2. The summed E-state index contributed by atoms with van der Waals surface area (Å²) in [6.07, 6.45) is 2.04. The van der Waals surface area contributed by atoms with Crippen LogP contribution in [0.25, 0.3) is 0 Å². The van der Waals surface area contributed by atoms with Crippen molar-refractivity contribution in [2.75, 3.05) is 11.5 Å². The highest BCUT2D eigenvalue weighted by Gasteiger charge is 2.39. The van der Waals surface area contributed by atoms with Gasteiger partial charge in [0.2, 0.25) is 0 Å². The molecule has 1 unspecified atom stereocenters. The Morgan fingerprint density at radius 3 is 2.89 bits per heavy atom. The van der Waals surface area contributed by atoms with Crippen molar-refractivity contribution in [3.63, 3.8) is 0 Å². The molecule has 0 radical (unpaired) electrons. The fourth-order valence-electron chi connectivity index (χ4n) is 2.20. The summed E-state index contributed by atoms with van der Waals surface area (Å²) in [5.41, 5.74) is 0.623. The van der Waals surface area contributed by atoms with E-state index >= 15 is 0 Å². The highest BCUT2D eigenvalue weighted by molar-refractivity contribution is 7.99. The lowest BCUT2D eigenvalue weighted by Gasteiger charge is -2.20. The van der Waals surface area contributed by atoms with Gasteiger partial charge in [0.05, 0.1) is 5.69 Å². The van der Waals surface area contributed by atoms with Crippen molar-refractivity contribution in [2.45, 2.75) is 45.3 Å². The van der Waals surface area contributed by atoms with Gasteiger partial charge in [-0.25, -0.2) is 0 Å². The number of hydrogen-bond acceptors (Lipinski definition) is 5. The molecule has 1 aliphatic rings. The Morgan fingerprint density at radius 1 is 1.53 bits per heavy atom. The molecule has 5 nitrogen and oxygen atoms in total. The van der Waals surface area contributed by atoms with Gasteiger partial charge in [0, 0.05) is 24.3 Å². The smallest absolute Gasteiger partial charge is 0.253 e. The standard InChI is InChI=1S/C13H20N2O3S/c1-3-10-9(11(4-2)18-15-10)7-14-12(16)13(17)5-6-19-8-13/h17H,3-8H2,1-2H3,(H,14,16). The number of aliphatic hydroxyl groups is 1. The molecule has 2 heterocycles. The number of nitrogens with one attached hydrogen (secondary N) is 1. The molecule has 1 atom stereocenters. The zero-order valence-corrected chi connectivity index (χ0v) is 12.2. The molecule has 1 aromatic rings. The first kappa shape index (κ1) is 14.4. The second-order valence-electron chi connectivity index (χ2n) is 4.75. The highest BCUT2D eigenvalue weighted by Crippen LogP contribution is 2.28. The molecular formula is C13H20N2O3S. The molecule has 1 saturated heterocycles. The van der Waals surface area contributed by atoms with Gasteiger partial charge in [-0.2, -0.15) is 11.8 Å². The Bertz CT molecular complexity index is 431. The average molecular weight is 284 g/mol. The number of rotatable bonds is 5. The summed E-state index contributed by atoms with van der Waals surface area (Å²) in [5, 5.41) is 17.0. The predicted molar refractivity (Wildman–Crippen MR) is 74.0 cm³/mol. The molecule has 6 heteroatoms. The maximum Gasteiger partial charge on any atom is 0.253 e. The molecule has 2 rings (SSSR count). The van der Waals surface area contributed by atoms with Crippen LogP contribution in [0.5, 0.6) is 0 Å². The minimum absolute atomic E-state index is 0.289. The lowest BCUT2D eigenvalue weighted by atomic mass is 10.0. The molecule has 19 heavy (non-hydrogen) atoms. The summed E-state index contributed by atoms with van der Waals surface area (Å²) in [4.78, 5) is 12.0.